The van der Waals surface area contributed by atoms with Gasteiger partial charge in [0.2, 0.25) is 0 Å². The van der Waals surface area contributed by atoms with Gasteiger partial charge in [-0.25, -0.2) is 0 Å². The third-order valence-corrected chi connectivity index (χ3v) is 12.3. The Morgan fingerprint density at radius 3 is 1.56 bits per heavy atom. The first-order valence-electron chi connectivity index (χ1n) is 6.49. The molecule has 0 aliphatic carbocycles. The summed E-state index contributed by atoms with van der Waals surface area (Å²) in [4.78, 5) is 0. The van der Waals surface area contributed by atoms with Crippen LogP contribution in [0.4, 0.5) is 0 Å². The lowest BCUT2D eigenvalue weighted by atomic mass is 10.6. The number of rotatable bonds is 13. The van der Waals surface area contributed by atoms with Crippen molar-refractivity contribution in [3.8, 4) is 0 Å². The van der Waals surface area contributed by atoms with Gasteiger partial charge in [-0.2, -0.15) is 0 Å². The standard InChI is InChI=1S/C10H26S4Si2/c1-3-15-9-5-7-11-13-14-12-8-6-10-16-4-2/h3-10,15-16H2,1-2H3. The molecule has 0 saturated heterocycles. The Labute approximate surface area is 122 Å². The summed E-state index contributed by atoms with van der Waals surface area (Å²) < 4.78 is 0. The van der Waals surface area contributed by atoms with Crippen LogP contribution in [0.5, 0.6) is 0 Å². The summed E-state index contributed by atoms with van der Waals surface area (Å²) in [7, 11) is 8.79. The molecule has 0 radical (unpaired) electrons. The summed E-state index contributed by atoms with van der Waals surface area (Å²) in [6.07, 6.45) is 2.93. The summed E-state index contributed by atoms with van der Waals surface area (Å²) in [6.45, 7) is 4.67. The van der Waals surface area contributed by atoms with Gasteiger partial charge >= 0.3 is 0 Å². The van der Waals surface area contributed by atoms with E-state index in [0.29, 0.717) is 19.0 Å². The molecule has 98 valence electrons. The fourth-order valence-electron chi connectivity index (χ4n) is 1.28. The van der Waals surface area contributed by atoms with Crippen molar-refractivity contribution < 1.29 is 0 Å². The summed E-state index contributed by atoms with van der Waals surface area (Å²) in [6, 6.07) is 6.10. The Morgan fingerprint density at radius 1 is 0.750 bits per heavy atom. The molecule has 0 bridgehead atoms. The van der Waals surface area contributed by atoms with E-state index in [4.69, 9.17) is 0 Å². The second-order valence-corrected chi connectivity index (χ2v) is 15.0. The van der Waals surface area contributed by atoms with Crippen LogP contribution < -0.4 is 0 Å². The van der Waals surface area contributed by atoms with Gasteiger partial charge in [-0.1, -0.05) is 59.6 Å². The van der Waals surface area contributed by atoms with E-state index in [2.05, 4.69) is 35.4 Å². The molecule has 0 amide bonds. The maximum atomic E-state index is 2.34. The molecule has 0 aliphatic rings. The molecule has 0 rings (SSSR count). The van der Waals surface area contributed by atoms with Crippen LogP contribution in [0.2, 0.25) is 24.2 Å². The van der Waals surface area contributed by atoms with E-state index >= 15 is 0 Å². The Balaban J connectivity index is 2.83. The predicted octanol–water partition coefficient (Wildman–Crippen LogP) is 4.50. The highest BCUT2D eigenvalue weighted by molar-refractivity contribution is 9.26. The lowest BCUT2D eigenvalue weighted by Crippen LogP contribution is -1.86. The van der Waals surface area contributed by atoms with Gasteiger partial charge in [0, 0.05) is 30.5 Å². The maximum absolute atomic E-state index is 2.34. The zero-order chi connectivity index (χ0) is 11.9. The van der Waals surface area contributed by atoms with Crippen molar-refractivity contribution in [3.63, 3.8) is 0 Å². The van der Waals surface area contributed by atoms with Crippen molar-refractivity contribution >= 4 is 60.3 Å². The zero-order valence-electron chi connectivity index (χ0n) is 10.7. The minimum Gasteiger partial charge on any atom is -0.0817 e. The van der Waals surface area contributed by atoms with Gasteiger partial charge in [-0.15, -0.1) is 0 Å². The Hall–Kier alpha value is 1.83. The highest BCUT2D eigenvalue weighted by Crippen LogP contribution is 2.43. The SMILES string of the molecule is CC[SiH2]CCCSSSSCCC[SiH2]CC. The largest absolute Gasteiger partial charge is 0.0817 e. The van der Waals surface area contributed by atoms with Crippen LogP contribution in [0.25, 0.3) is 0 Å². The molecular weight excluding hydrogens is 305 g/mol. The van der Waals surface area contributed by atoms with Gasteiger partial charge < -0.3 is 0 Å². The quantitative estimate of drug-likeness (QED) is 0.277. The summed E-state index contributed by atoms with van der Waals surface area (Å²) in [5, 5.41) is 0. The van der Waals surface area contributed by atoms with Crippen LogP contribution >= 0.6 is 41.2 Å². The Bertz CT molecular complexity index is 113. The van der Waals surface area contributed by atoms with Crippen LogP contribution in [0.1, 0.15) is 26.7 Å². The Morgan fingerprint density at radius 2 is 1.19 bits per heavy atom. The van der Waals surface area contributed by atoms with Crippen molar-refractivity contribution in [2.24, 2.45) is 0 Å². The molecule has 0 aliphatic heterocycles. The topological polar surface area (TPSA) is 0 Å². The number of hydrogen-bond donors (Lipinski definition) is 0. The van der Waals surface area contributed by atoms with Crippen molar-refractivity contribution in [3.05, 3.63) is 0 Å². The molecule has 0 fully saturated rings. The van der Waals surface area contributed by atoms with E-state index in [1.54, 1.807) is 12.1 Å². The number of hydrogen-bond acceptors (Lipinski definition) is 4. The lowest BCUT2D eigenvalue weighted by Gasteiger charge is -2.00. The summed E-state index contributed by atoms with van der Waals surface area (Å²) >= 11 is 0. The third-order valence-electron chi connectivity index (χ3n) is 2.29. The van der Waals surface area contributed by atoms with Crippen molar-refractivity contribution in [1.82, 2.24) is 0 Å². The average molecular weight is 331 g/mol. The average Bonchev–Trinajstić information content (AvgIpc) is 2.31. The Kier molecular flexibility index (Phi) is 18.8. The van der Waals surface area contributed by atoms with Crippen molar-refractivity contribution in [2.45, 2.75) is 50.9 Å². The smallest absolute Gasteiger partial charge is 0.0195 e. The van der Waals surface area contributed by atoms with E-state index in [1.165, 1.54) is 36.4 Å². The van der Waals surface area contributed by atoms with Gasteiger partial charge in [0.05, 0.1) is 0 Å². The van der Waals surface area contributed by atoms with Gasteiger partial charge in [-0.3, -0.25) is 0 Å². The van der Waals surface area contributed by atoms with E-state index in [0.717, 1.165) is 0 Å². The molecule has 0 nitrogen and oxygen atoms in total. The van der Waals surface area contributed by atoms with Gasteiger partial charge in [-0.05, 0) is 32.5 Å². The van der Waals surface area contributed by atoms with Gasteiger partial charge in [0.15, 0.2) is 0 Å². The third kappa shape index (κ3) is 15.8. The first kappa shape index (κ1) is 17.8. The van der Waals surface area contributed by atoms with E-state index in [9.17, 15) is 0 Å². The van der Waals surface area contributed by atoms with Crippen LogP contribution in [-0.2, 0) is 0 Å². The first-order chi connectivity index (χ1) is 7.91. The molecule has 0 N–H and O–H groups in total. The van der Waals surface area contributed by atoms with Crippen molar-refractivity contribution in [1.29, 1.82) is 0 Å². The van der Waals surface area contributed by atoms with Gasteiger partial charge in [0.25, 0.3) is 0 Å². The predicted molar refractivity (Wildman–Crippen MR) is 97.0 cm³/mol. The van der Waals surface area contributed by atoms with Gasteiger partial charge in [0.1, 0.15) is 0 Å². The van der Waals surface area contributed by atoms with E-state index in [-0.39, 0.29) is 0 Å². The molecule has 0 saturated carbocycles. The fraction of sp³-hybridized carbons (Fsp3) is 1.00. The highest BCUT2D eigenvalue weighted by Gasteiger charge is 1.94. The minimum absolute atomic E-state index is 0.335. The fourth-order valence-corrected chi connectivity index (χ4v) is 10.5. The summed E-state index contributed by atoms with van der Waals surface area (Å²) in [5.74, 6) is 2.74. The van der Waals surface area contributed by atoms with E-state index < -0.39 is 0 Å². The highest BCUT2D eigenvalue weighted by atomic mass is 33.7. The molecule has 0 spiro atoms. The minimum atomic E-state index is 0.335. The maximum Gasteiger partial charge on any atom is 0.0195 e. The molecule has 0 aromatic heterocycles. The van der Waals surface area contributed by atoms with Crippen LogP contribution in [0.15, 0.2) is 0 Å². The second kappa shape index (κ2) is 16.8. The van der Waals surface area contributed by atoms with Crippen LogP contribution in [0, 0.1) is 0 Å². The van der Waals surface area contributed by atoms with E-state index in [1.807, 2.05) is 19.7 Å². The van der Waals surface area contributed by atoms with Crippen LogP contribution in [0.3, 0.4) is 0 Å². The molecule has 0 heterocycles. The molecule has 0 aromatic carbocycles. The van der Waals surface area contributed by atoms with Crippen molar-refractivity contribution in [2.75, 3.05) is 11.5 Å². The normalized spacial score (nSPS) is 12.4. The summed E-state index contributed by atoms with van der Waals surface area (Å²) in [5.41, 5.74) is 0. The lowest BCUT2D eigenvalue weighted by molar-refractivity contribution is 1.09. The zero-order valence-corrected chi connectivity index (χ0v) is 16.8. The molecular formula is C10H26S4Si2. The molecule has 0 atom stereocenters. The molecule has 16 heavy (non-hydrogen) atoms. The molecule has 0 unspecified atom stereocenters. The monoisotopic (exact) mass is 330 g/mol. The molecule has 0 aromatic rings. The molecule has 6 heteroatoms. The first-order valence-corrected chi connectivity index (χ1v) is 15.6. The second-order valence-electron chi connectivity index (χ2n) is 3.90. The van der Waals surface area contributed by atoms with Crippen LogP contribution in [-0.4, -0.2) is 30.5 Å².